The molecule has 0 saturated carbocycles. The lowest BCUT2D eigenvalue weighted by Gasteiger charge is -2.09. The first-order valence-corrected chi connectivity index (χ1v) is 5.29. The fraction of sp³-hybridized carbons (Fsp3) is 0.455. The third-order valence-electron chi connectivity index (χ3n) is 1.72. The molecule has 1 aromatic rings. The molecule has 0 aliphatic heterocycles. The number of ether oxygens (including phenoxy) is 2. The number of hydrogen-bond donors (Lipinski definition) is 0. The van der Waals surface area contributed by atoms with Gasteiger partial charge in [-0.15, -0.1) is 11.6 Å². The fourth-order valence-corrected chi connectivity index (χ4v) is 1.36. The van der Waals surface area contributed by atoms with E-state index in [1.165, 1.54) is 0 Å². The van der Waals surface area contributed by atoms with Gasteiger partial charge in [0.05, 0.1) is 13.2 Å². The molecule has 0 heterocycles. The smallest absolute Gasteiger partial charge is 0.123 e. The number of benzene rings is 1. The van der Waals surface area contributed by atoms with Gasteiger partial charge in [0.1, 0.15) is 11.5 Å². The van der Waals surface area contributed by atoms with E-state index in [4.69, 9.17) is 21.1 Å². The van der Waals surface area contributed by atoms with E-state index in [0.29, 0.717) is 19.1 Å². The maximum absolute atomic E-state index is 5.76. The van der Waals surface area contributed by atoms with Crippen LogP contribution in [0, 0.1) is 0 Å². The summed E-state index contributed by atoms with van der Waals surface area (Å²) in [4.78, 5) is 0. The maximum Gasteiger partial charge on any atom is 0.123 e. The van der Waals surface area contributed by atoms with Crippen LogP contribution in [0.3, 0.4) is 0 Å². The second-order valence-electron chi connectivity index (χ2n) is 2.81. The average molecular weight is 215 g/mol. The molecule has 0 saturated heterocycles. The molecular weight excluding hydrogens is 200 g/mol. The van der Waals surface area contributed by atoms with Crippen LogP contribution in [0.1, 0.15) is 19.4 Å². The highest BCUT2D eigenvalue weighted by Gasteiger charge is 2.01. The molecule has 0 spiro atoms. The van der Waals surface area contributed by atoms with Crippen molar-refractivity contribution in [3.8, 4) is 11.5 Å². The van der Waals surface area contributed by atoms with Gasteiger partial charge in [-0.25, -0.2) is 0 Å². The lowest BCUT2D eigenvalue weighted by molar-refractivity contribution is 0.322. The van der Waals surface area contributed by atoms with Crippen LogP contribution in [0.25, 0.3) is 0 Å². The highest BCUT2D eigenvalue weighted by molar-refractivity contribution is 6.17. The summed E-state index contributed by atoms with van der Waals surface area (Å²) in [6, 6.07) is 5.74. The van der Waals surface area contributed by atoms with Crippen LogP contribution in [-0.4, -0.2) is 13.2 Å². The Morgan fingerprint density at radius 1 is 1.00 bits per heavy atom. The predicted molar refractivity (Wildman–Crippen MR) is 58.3 cm³/mol. The van der Waals surface area contributed by atoms with Crippen molar-refractivity contribution in [1.82, 2.24) is 0 Å². The molecule has 2 nitrogen and oxygen atoms in total. The quantitative estimate of drug-likeness (QED) is 0.701. The van der Waals surface area contributed by atoms with E-state index in [-0.39, 0.29) is 0 Å². The largest absolute Gasteiger partial charge is 0.494 e. The first-order valence-electron chi connectivity index (χ1n) is 4.75. The van der Waals surface area contributed by atoms with Gasteiger partial charge >= 0.3 is 0 Å². The number of rotatable bonds is 5. The van der Waals surface area contributed by atoms with Gasteiger partial charge in [0.2, 0.25) is 0 Å². The van der Waals surface area contributed by atoms with E-state index in [0.717, 1.165) is 17.1 Å². The van der Waals surface area contributed by atoms with Crippen molar-refractivity contribution in [3.05, 3.63) is 23.8 Å². The van der Waals surface area contributed by atoms with Crippen molar-refractivity contribution in [1.29, 1.82) is 0 Å². The molecule has 0 unspecified atom stereocenters. The molecule has 0 bridgehead atoms. The van der Waals surface area contributed by atoms with Crippen molar-refractivity contribution >= 4 is 11.6 Å². The van der Waals surface area contributed by atoms with Gasteiger partial charge < -0.3 is 9.47 Å². The summed E-state index contributed by atoms with van der Waals surface area (Å²) in [5.41, 5.74) is 1.01. The van der Waals surface area contributed by atoms with Gasteiger partial charge in [0.25, 0.3) is 0 Å². The molecule has 0 aromatic heterocycles. The molecular formula is C11H15ClO2. The van der Waals surface area contributed by atoms with Gasteiger partial charge in [-0.2, -0.15) is 0 Å². The van der Waals surface area contributed by atoms with Crippen LogP contribution in [0.2, 0.25) is 0 Å². The topological polar surface area (TPSA) is 18.5 Å². The Bertz CT molecular complexity index is 262. The minimum atomic E-state index is 0.473. The summed E-state index contributed by atoms with van der Waals surface area (Å²) >= 11 is 5.76. The van der Waals surface area contributed by atoms with E-state index in [9.17, 15) is 0 Å². The van der Waals surface area contributed by atoms with Crippen molar-refractivity contribution in [2.45, 2.75) is 19.7 Å². The minimum absolute atomic E-state index is 0.473. The molecule has 0 radical (unpaired) electrons. The molecule has 78 valence electrons. The molecule has 0 fully saturated rings. The molecule has 0 aliphatic rings. The maximum atomic E-state index is 5.76. The summed E-state index contributed by atoms with van der Waals surface area (Å²) in [6.45, 7) is 5.20. The Kier molecular flexibility index (Phi) is 4.60. The van der Waals surface area contributed by atoms with Gasteiger partial charge in [-0.3, -0.25) is 0 Å². The van der Waals surface area contributed by atoms with Crippen LogP contribution >= 0.6 is 11.6 Å². The summed E-state index contributed by atoms with van der Waals surface area (Å²) in [7, 11) is 0. The van der Waals surface area contributed by atoms with E-state index >= 15 is 0 Å². The van der Waals surface area contributed by atoms with Crippen LogP contribution in [0.4, 0.5) is 0 Å². The standard InChI is InChI=1S/C11H15ClO2/c1-3-13-10-5-9(8-12)6-11(7-10)14-4-2/h5-7H,3-4,8H2,1-2H3. The summed E-state index contributed by atoms with van der Waals surface area (Å²) in [5, 5.41) is 0. The van der Waals surface area contributed by atoms with Gasteiger partial charge in [-0.1, -0.05) is 0 Å². The lowest BCUT2D eigenvalue weighted by atomic mass is 10.2. The van der Waals surface area contributed by atoms with E-state index in [2.05, 4.69) is 0 Å². The fourth-order valence-electron chi connectivity index (χ4n) is 1.21. The zero-order valence-electron chi connectivity index (χ0n) is 8.55. The first-order chi connectivity index (χ1) is 6.80. The molecule has 0 N–H and O–H groups in total. The number of alkyl halides is 1. The second kappa shape index (κ2) is 5.76. The van der Waals surface area contributed by atoms with Crippen molar-refractivity contribution in [3.63, 3.8) is 0 Å². The van der Waals surface area contributed by atoms with Crippen molar-refractivity contribution in [2.24, 2.45) is 0 Å². The third kappa shape index (κ3) is 3.11. The first kappa shape index (κ1) is 11.2. The molecule has 1 rings (SSSR count). The van der Waals surface area contributed by atoms with Crippen LogP contribution in [0.15, 0.2) is 18.2 Å². The zero-order valence-corrected chi connectivity index (χ0v) is 9.30. The van der Waals surface area contributed by atoms with Gasteiger partial charge in [-0.05, 0) is 31.5 Å². The Morgan fingerprint density at radius 3 is 1.86 bits per heavy atom. The normalized spacial score (nSPS) is 9.93. The molecule has 0 aliphatic carbocycles. The Hall–Kier alpha value is -0.890. The van der Waals surface area contributed by atoms with Crippen LogP contribution < -0.4 is 9.47 Å². The minimum Gasteiger partial charge on any atom is -0.494 e. The summed E-state index contributed by atoms with van der Waals surface area (Å²) < 4.78 is 10.8. The number of hydrogen-bond acceptors (Lipinski definition) is 2. The van der Waals surface area contributed by atoms with E-state index < -0.39 is 0 Å². The predicted octanol–water partition coefficient (Wildman–Crippen LogP) is 3.22. The third-order valence-corrected chi connectivity index (χ3v) is 2.02. The number of halogens is 1. The van der Waals surface area contributed by atoms with E-state index in [1.54, 1.807) is 0 Å². The Balaban J connectivity index is 2.88. The summed E-state index contributed by atoms with van der Waals surface area (Å²) in [6.07, 6.45) is 0. The van der Waals surface area contributed by atoms with E-state index in [1.807, 2.05) is 32.0 Å². The molecule has 3 heteroatoms. The Labute approximate surface area is 89.8 Å². The average Bonchev–Trinajstić information content (AvgIpc) is 2.18. The molecule has 1 aromatic carbocycles. The van der Waals surface area contributed by atoms with Crippen molar-refractivity contribution < 1.29 is 9.47 Å². The van der Waals surface area contributed by atoms with Crippen LogP contribution in [0.5, 0.6) is 11.5 Å². The summed E-state index contributed by atoms with van der Waals surface area (Å²) in [5.74, 6) is 2.10. The van der Waals surface area contributed by atoms with Gasteiger partial charge in [0.15, 0.2) is 0 Å². The SMILES string of the molecule is CCOc1cc(CCl)cc(OCC)c1. The second-order valence-corrected chi connectivity index (χ2v) is 3.08. The highest BCUT2D eigenvalue weighted by atomic mass is 35.5. The van der Waals surface area contributed by atoms with Crippen molar-refractivity contribution in [2.75, 3.05) is 13.2 Å². The Morgan fingerprint density at radius 2 is 1.50 bits per heavy atom. The van der Waals surface area contributed by atoms with Gasteiger partial charge in [0, 0.05) is 11.9 Å². The molecule has 0 amide bonds. The monoisotopic (exact) mass is 214 g/mol. The zero-order chi connectivity index (χ0) is 10.4. The van der Waals surface area contributed by atoms with Crippen LogP contribution in [-0.2, 0) is 5.88 Å². The highest BCUT2D eigenvalue weighted by Crippen LogP contribution is 2.24. The molecule has 14 heavy (non-hydrogen) atoms. The molecule has 0 atom stereocenters. The lowest BCUT2D eigenvalue weighted by Crippen LogP contribution is -1.96.